The van der Waals surface area contributed by atoms with E-state index in [-0.39, 0.29) is 5.70 Å². The van der Waals surface area contributed by atoms with Crippen LogP contribution in [0.4, 0.5) is 0 Å². The Morgan fingerprint density at radius 1 is 1.32 bits per heavy atom. The van der Waals surface area contributed by atoms with Crippen LogP contribution in [0, 0.1) is 0 Å². The number of carbonyl (C=O) groups excluding carboxylic acids is 3. The number of amides is 2. The van der Waals surface area contributed by atoms with Gasteiger partial charge in [-0.15, -0.1) is 11.8 Å². The topological polar surface area (TPSA) is 113 Å². The maximum atomic E-state index is 12.3. The fourth-order valence-electron chi connectivity index (χ4n) is 2.90. The monoisotopic (exact) mass is 402 g/mol. The molecule has 9 heteroatoms. The van der Waals surface area contributed by atoms with Crippen molar-refractivity contribution in [2.45, 2.75) is 18.3 Å². The molecule has 0 radical (unpaired) electrons. The third-order valence-corrected chi connectivity index (χ3v) is 5.66. The van der Waals surface area contributed by atoms with Gasteiger partial charge in [-0.25, -0.2) is 9.59 Å². The number of carbonyl (C=O) groups is 4. The van der Waals surface area contributed by atoms with Crippen molar-refractivity contribution in [1.29, 1.82) is 0 Å². The van der Waals surface area contributed by atoms with Crippen molar-refractivity contribution in [2.75, 3.05) is 12.4 Å². The zero-order chi connectivity index (χ0) is 20.3. The Morgan fingerprint density at radius 2 is 2.04 bits per heavy atom. The minimum absolute atomic E-state index is 0.0308. The number of thioether (sulfide) groups is 1. The number of nitrogens with one attached hydrogen (secondary N) is 1. The zero-order valence-corrected chi connectivity index (χ0v) is 15.8. The largest absolute Gasteiger partial charge is 0.477 e. The quantitative estimate of drug-likeness (QED) is 0.415. The van der Waals surface area contributed by atoms with Crippen LogP contribution in [-0.4, -0.2) is 57.5 Å². The first-order valence-corrected chi connectivity index (χ1v) is 9.50. The molecule has 1 aromatic rings. The van der Waals surface area contributed by atoms with Crippen LogP contribution in [0.1, 0.15) is 12.5 Å². The second-order valence-corrected chi connectivity index (χ2v) is 7.35. The summed E-state index contributed by atoms with van der Waals surface area (Å²) in [6.45, 7) is 1.13. The zero-order valence-electron chi connectivity index (χ0n) is 15.0. The molecule has 0 bridgehead atoms. The summed E-state index contributed by atoms with van der Waals surface area (Å²) in [5, 5.41) is 11.3. The van der Waals surface area contributed by atoms with Crippen molar-refractivity contribution in [3.8, 4) is 0 Å². The molecule has 2 N–H and O–H groups in total. The summed E-state index contributed by atoms with van der Waals surface area (Å²) >= 11 is 1.38. The molecular weight excluding hydrogens is 384 g/mol. The van der Waals surface area contributed by atoms with Crippen LogP contribution in [0.3, 0.4) is 0 Å². The highest BCUT2D eigenvalue weighted by molar-refractivity contribution is 8.00. The van der Waals surface area contributed by atoms with Gasteiger partial charge in [0.1, 0.15) is 17.1 Å². The van der Waals surface area contributed by atoms with Gasteiger partial charge in [0, 0.05) is 11.8 Å². The highest BCUT2D eigenvalue weighted by Crippen LogP contribution is 2.40. The fourth-order valence-corrected chi connectivity index (χ4v) is 4.20. The Morgan fingerprint density at radius 3 is 2.71 bits per heavy atom. The van der Waals surface area contributed by atoms with Crippen molar-refractivity contribution in [2.24, 2.45) is 0 Å². The van der Waals surface area contributed by atoms with Crippen LogP contribution in [0.2, 0.25) is 0 Å². The molecule has 0 spiro atoms. The Labute approximate surface area is 165 Å². The van der Waals surface area contributed by atoms with E-state index < -0.39 is 41.8 Å². The number of carboxylic acid groups (broad SMARTS) is 1. The average Bonchev–Trinajstić information content (AvgIpc) is 2.69. The fraction of sp³-hybridized carbons (Fsp3) is 0.263. The van der Waals surface area contributed by atoms with Crippen molar-refractivity contribution >= 4 is 41.6 Å². The number of hydrogen-bond acceptors (Lipinski definition) is 6. The Hall–Kier alpha value is -3.07. The first-order chi connectivity index (χ1) is 13.4. The number of ether oxygens (including phenoxy) is 1. The number of fused-ring (bicyclic) bond motifs is 1. The summed E-state index contributed by atoms with van der Waals surface area (Å²) < 4.78 is 4.87. The third kappa shape index (κ3) is 4.09. The number of rotatable bonds is 6. The van der Waals surface area contributed by atoms with E-state index in [4.69, 9.17) is 4.74 Å². The summed E-state index contributed by atoms with van der Waals surface area (Å²) in [7, 11) is 0. The van der Waals surface area contributed by atoms with E-state index in [2.05, 4.69) is 5.32 Å². The van der Waals surface area contributed by atoms with Gasteiger partial charge in [0.15, 0.2) is 6.61 Å². The van der Waals surface area contributed by atoms with E-state index in [0.29, 0.717) is 11.3 Å². The first kappa shape index (κ1) is 19.7. The van der Waals surface area contributed by atoms with E-state index in [1.165, 1.54) is 22.7 Å². The highest BCUT2D eigenvalue weighted by Gasteiger charge is 2.53. The average molecular weight is 402 g/mol. The molecule has 1 saturated heterocycles. The van der Waals surface area contributed by atoms with Crippen LogP contribution >= 0.6 is 11.8 Å². The lowest BCUT2D eigenvalue weighted by Gasteiger charge is -2.49. The summed E-state index contributed by atoms with van der Waals surface area (Å²) in [5.74, 6) is -2.50. The van der Waals surface area contributed by atoms with Gasteiger partial charge in [0.2, 0.25) is 0 Å². The Balaban J connectivity index is 1.50. The normalized spacial score (nSPS) is 21.2. The van der Waals surface area contributed by atoms with Crippen molar-refractivity contribution < 1.29 is 29.0 Å². The molecule has 146 valence electrons. The second kappa shape index (κ2) is 8.30. The summed E-state index contributed by atoms with van der Waals surface area (Å²) in [6, 6.07) is 8.30. The van der Waals surface area contributed by atoms with Crippen molar-refractivity contribution in [1.82, 2.24) is 10.2 Å². The first-order valence-electron chi connectivity index (χ1n) is 8.45. The van der Waals surface area contributed by atoms with Gasteiger partial charge in [0.05, 0.1) is 0 Å². The maximum Gasteiger partial charge on any atom is 0.352 e. The maximum absolute atomic E-state index is 12.3. The molecule has 2 heterocycles. The lowest BCUT2D eigenvalue weighted by Crippen LogP contribution is -2.70. The lowest BCUT2D eigenvalue weighted by atomic mass is 10.0. The SMILES string of the molecule is CC1=C(C(=O)O)N2C(=O)C(NC(=O)COC(=O)C=Cc3ccccc3)[C@H]2SC1. The molecule has 3 rings (SSSR count). The summed E-state index contributed by atoms with van der Waals surface area (Å²) in [5.41, 5.74) is 1.39. The summed E-state index contributed by atoms with van der Waals surface area (Å²) in [6.07, 6.45) is 2.77. The molecule has 2 aliphatic heterocycles. The third-order valence-electron chi connectivity index (χ3n) is 4.23. The predicted molar refractivity (Wildman–Crippen MR) is 102 cm³/mol. The minimum atomic E-state index is -1.17. The standard InChI is InChI=1S/C19H18N2O6S/c1-11-10-28-18-15(17(24)21(18)16(11)19(25)26)20-13(22)9-27-14(23)8-7-12-5-3-2-4-6-12/h2-8,15,18H,9-10H2,1H3,(H,20,22)(H,25,26)/t15?,18-/m1/s1. The summed E-state index contributed by atoms with van der Waals surface area (Å²) in [4.78, 5) is 48.5. The number of esters is 1. The van der Waals surface area contributed by atoms with Gasteiger partial charge in [-0.2, -0.15) is 0 Å². The van der Waals surface area contributed by atoms with Gasteiger partial charge in [0.25, 0.3) is 11.8 Å². The molecule has 2 aliphatic rings. The van der Waals surface area contributed by atoms with Crippen molar-refractivity contribution in [3.05, 3.63) is 53.2 Å². The van der Waals surface area contributed by atoms with Gasteiger partial charge >= 0.3 is 11.9 Å². The van der Waals surface area contributed by atoms with Gasteiger partial charge in [-0.3, -0.25) is 14.5 Å². The molecule has 0 aliphatic carbocycles. The highest BCUT2D eigenvalue weighted by atomic mass is 32.2. The molecule has 1 fully saturated rings. The number of aliphatic carboxylic acids is 1. The molecule has 2 atom stereocenters. The van der Waals surface area contributed by atoms with Crippen LogP contribution in [0.15, 0.2) is 47.7 Å². The minimum Gasteiger partial charge on any atom is -0.477 e. The van der Waals surface area contributed by atoms with E-state index in [1.807, 2.05) is 30.3 Å². The van der Waals surface area contributed by atoms with Gasteiger partial charge in [-0.1, -0.05) is 30.3 Å². The number of hydrogen-bond donors (Lipinski definition) is 2. The van der Waals surface area contributed by atoms with Crippen molar-refractivity contribution in [3.63, 3.8) is 0 Å². The smallest absolute Gasteiger partial charge is 0.352 e. The molecule has 0 aromatic heterocycles. The van der Waals surface area contributed by atoms with E-state index in [0.717, 1.165) is 5.56 Å². The lowest BCUT2D eigenvalue weighted by molar-refractivity contribution is -0.152. The second-order valence-electron chi connectivity index (χ2n) is 6.24. The molecule has 2 amide bonds. The van der Waals surface area contributed by atoms with Crippen LogP contribution < -0.4 is 5.32 Å². The molecule has 1 aromatic carbocycles. The number of benzene rings is 1. The van der Waals surface area contributed by atoms with E-state index >= 15 is 0 Å². The molecule has 1 unspecified atom stereocenters. The number of nitrogens with zero attached hydrogens (tertiary/aromatic N) is 1. The number of β-lactam (4-membered cyclic amide) rings is 1. The van der Waals surface area contributed by atoms with Gasteiger partial charge in [-0.05, 0) is 24.1 Å². The van der Waals surface area contributed by atoms with E-state index in [1.54, 1.807) is 13.0 Å². The van der Waals surface area contributed by atoms with Crippen LogP contribution in [0.25, 0.3) is 6.08 Å². The van der Waals surface area contributed by atoms with Crippen LogP contribution in [0.5, 0.6) is 0 Å². The molecule has 0 saturated carbocycles. The van der Waals surface area contributed by atoms with E-state index in [9.17, 15) is 24.3 Å². The Bertz CT molecular complexity index is 880. The Kier molecular flexibility index (Phi) is 5.84. The van der Waals surface area contributed by atoms with Gasteiger partial charge < -0.3 is 15.2 Å². The molecular formula is C19H18N2O6S. The molecule has 28 heavy (non-hydrogen) atoms. The van der Waals surface area contributed by atoms with Crippen LogP contribution in [-0.2, 0) is 23.9 Å². The number of carboxylic acids is 1. The molecule has 8 nitrogen and oxygen atoms in total. The predicted octanol–water partition coefficient (Wildman–Crippen LogP) is 1.00.